The molecule has 1 amide bonds. The normalized spacial score (nSPS) is 16.6. The maximum absolute atomic E-state index is 13.0. The van der Waals surface area contributed by atoms with Gasteiger partial charge in [-0.15, -0.1) is 0 Å². The van der Waals surface area contributed by atoms with Crippen molar-refractivity contribution in [2.75, 3.05) is 19.7 Å². The van der Waals surface area contributed by atoms with Crippen LogP contribution in [0.25, 0.3) is 6.08 Å². The second-order valence-corrected chi connectivity index (χ2v) is 5.32. The minimum absolute atomic E-state index is 0.151. The number of carbonyl (C=O) groups is 1. The largest absolute Gasteiger partial charge is 0.396 e. The summed E-state index contributed by atoms with van der Waals surface area (Å²) < 4.78 is 26.1. The van der Waals surface area contributed by atoms with E-state index in [0.717, 1.165) is 25.3 Å². The van der Waals surface area contributed by atoms with Crippen molar-refractivity contribution in [3.63, 3.8) is 0 Å². The van der Waals surface area contributed by atoms with Crippen LogP contribution in [0.15, 0.2) is 24.3 Å². The molecule has 0 atom stereocenters. The van der Waals surface area contributed by atoms with Crippen molar-refractivity contribution < 1.29 is 18.7 Å². The van der Waals surface area contributed by atoms with Crippen LogP contribution in [0.4, 0.5) is 8.78 Å². The van der Waals surface area contributed by atoms with Crippen LogP contribution in [-0.4, -0.2) is 35.6 Å². The van der Waals surface area contributed by atoms with Gasteiger partial charge in [0.2, 0.25) is 5.91 Å². The lowest BCUT2D eigenvalue weighted by atomic mass is 9.94. The molecule has 1 saturated heterocycles. The number of aliphatic hydroxyl groups is 1. The summed E-state index contributed by atoms with van der Waals surface area (Å²) in [6, 6.07) is 3.16. The third kappa shape index (κ3) is 4.63. The molecular formula is C16H19F2NO2. The highest BCUT2D eigenvalue weighted by Gasteiger charge is 2.20. The quantitative estimate of drug-likeness (QED) is 0.867. The molecule has 21 heavy (non-hydrogen) atoms. The molecule has 0 aliphatic carbocycles. The zero-order valence-corrected chi connectivity index (χ0v) is 11.8. The molecule has 1 aliphatic rings. The first-order chi connectivity index (χ1) is 10.1. The van der Waals surface area contributed by atoms with E-state index in [1.54, 1.807) is 4.90 Å². The van der Waals surface area contributed by atoms with Gasteiger partial charge < -0.3 is 10.0 Å². The Hall–Kier alpha value is -1.75. The number of likely N-dealkylation sites (tertiary alicyclic amines) is 1. The number of carbonyl (C=O) groups excluding carboxylic acids is 1. The molecule has 0 aromatic heterocycles. The Morgan fingerprint density at radius 3 is 2.43 bits per heavy atom. The summed E-state index contributed by atoms with van der Waals surface area (Å²) in [6.45, 7) is 1.50. The van der Waals surface area contributed by atoms with Crippen LogP contribution in [0, 0.1) is 17.6 Å². The first-order valence-corrected chi connectivity index (χ1v) is 7.12. The Bertz CT molecular complexity index is 503. The first-order valence-electron chi connectivity index (χ1n) is 7.12. The number of piperidine rings is 1. The summed E-state index contributed by atoms with van der Waals surface area (Å²) in [5.74, 6) is -0.999. The van der Waals surface area contributed by atoms with Gasteiger partial charge in [-0.05, 0) is 49.0 Å². The van der Waals surface area contributed by atoms with E-state index in [9.17, 15) is 13.6 Å². The van der Waals surface area contributed by atoms with Crippen LogP contribution >= 0.6 is 0 Å². The van der Waals surface area contributed by atoms with Crippen molar-refractivity contribution in [3.05, 3.63) is 41.5 Å². The van der Waals surface area contributed by atoms with Crippen LogP contribution in [0.3, 0.4) is 0 Å². The van der Waals surface area contributed by atoms with E-state index in [0.29, 0.717) is 24.6 Å². The summed E-state index contributed by atoms with van der Waals surface area (Å²) in [7, 11) is 0. The van der Waals surface area contributed by atoms with E-state index in [-0.39, 0.29) is 12.5 Å². The van der Waals surface area contributed by atoms with Crippen LogP contribution in [0.1, 0.15) is 24.8 Å². The number of aliphatic hydroxyl groups excluding tert-OH is 1. The SMILES string of the molecule is O=C(/C=C/c1cc(F)cc(F)c1)N1CCC(CCO)CC1. The molecule has 1 aromatic rings. The van der Waals surface area contributed by atoms with Crippen LogP contribution in [0.2, 0.25) is 0 Å². The monoisotopic (exact) mass is 295 g/mol. The molecule has 3 nitrogen and oxygen atoms in total. The van der Waals surface area contributed by atoms with Crippen molar-refractivity contribution >= 4 is 12.0 Å². The summed E-state index contributed by atoms with van der Waals surface area (Å²) >= 11 is 0. The van der Waals surface area contributed by atoms with E-state index in [4.69, 9.17) is 5.11 Å². The van der Waals surface area contributed by atoms with Crippen LogP contribution in [0.5, 0.6) is 0 Å². The predicted molar refractivity (Wildman–Crippen MR) is 76.4 cm³/mol. The Balaban J connectivity index is 1.91. The molecule has 114 valence electrons. The average Bonchev–Trinajstić information content (AvgIpc) is 2.45. The van der Waals surface area contributed by atoms with Gasteiger partial charge in [0.05, 0.1) is 0 Å². The van der Waals surface area contributed by atoms with Gasteiger partial charge in [-0.3, -0.25) is 4.79 Å². The highest BCUT2D eigenvalue weighted by molar-refractivity contribution is 5.91. The maximum Gasteiger partial charge on any atom is 0.246 e. The van der Waals surface area contributed by atoms with Crippen molar-refractivity contribution in [2.45, 2.75) is 19.3 Å². The Labute approximate surface area is 122 Å². The summed E-state index contributed by atoms with van der Waals surface area (Å²) in [5.41, 5.74) is 0.330. The molecule has 2 rings (SSSR count). The van der Waals surface area contributed by atoms with Crippen molar-refractivity contribution in [1.29, 1.82) is 0 Å². The van der Waals surface area contributed by atoms with Crippen molar-refractivity contribution in [1.82, 2.24) is 4.90 Å². The third-order valence-corrected chi connectivity index (χ3v) is 3.77. The molecular weight excluding hydrogens is 276 g/mol. The zero-order valence-electron chi connectivity index (χ0n) is 11.8. The van der Waals surface area contributed by atoms with Crippen molar-refractivity contribution in [3.8, 4) is 0 Å². The van der Waals surface area contributed by atoms with Gasteiger partial charge in [-0.1, -0.05) is 0 Å². The molecule has 0 bridgehead atoms. The number of nitrogens with zero attached hydrogens (tertiary/aromatic N) is 1. The topological polar surface area (TPSA) is 40.5 Å². The lowest BCUT2D eigenvalue weighted by molar-refractivity contribution is -0.127. The molecule has 1 N–H and O–H groups in total. The van der Waals surface area contributed by atoms with Gasteiger partial charge >= 0.3 is 0 Å². The van der Waals surface area contributed by atoms with E-state index in [1.807, 2.05) is 0 Å². The van der Waals surface area contributed by atoms with Gasteiger partial charge in [-0.2, -0.15) is 0 Å². The zero-order chi connectivity index (χ0) is 15.2. The molecule has 0 spiro atoms. The lowest BCUT2D eigenvalue weighted by Gasteiger charge is -2.31. The Kier molecular flexibility index (Phi) is 5.44. The fourth-order valence-corrected chi connectivity index (χ4v) is 2.57. The van der Waals surface area contributed by atoms with E-state index in [1.165, 1.54) is 24.3 Å². The summed E-state index contributed by atoms with van der Waals surface area (Å²) in [5, 5.41) is 8.90. The smallest absolute Gasteiger partial charge is 0.246 e. The molecule has 1 aliphatic heterocycles. The number of halogens is 2. The number of amides is 1. The maximum atomic E-state index is 13.0. The van der Waals surface area contributed by atoms with E-state index < -0.39 is 11.6 Å². The second-order valence-electron chi connectivity index (χ2n) is 5.32. The highest BCUT2D eigenvalue weighted by Crippen LogP contribution is 2.20. The molecule has 0 radical (unpaired) electrons. The third-order valence-electron chi connectivity index (χ3n) is 3.77. The standard InChI is InChI=1S/C16H19F2NO2/c17-14-9-13(10-15(18)11-14)1-2-16(21)19-6-3-12(4-7-19)5-8-20/h1-2,9-12,20H,3-8H2/b2-1+. The Morgan fingerprint density at radius 1 is 1.24 bits per heavy atom. The van der Waals surface area contributed by atoms with Gasteiger partial charge in [0, 0.05) is 31.8 Å². The molecule has 0 saturated carbocycles. The van der Waals surface area contributed by atoms with Crippen molar-refractivity contribution in [2.24, 2.45) is 5.92 Å². The first kappa shape index (κ1) is 15.6. The minimum atomic E-state index is -0.660. The number of hydrogen-bond acceptors (Lipinski definition) is 2. The van der Waals surface area contributed by atoms with Gasteiger partial charge in [-0.25, -0.2) is 8.78 Å². The van der Waals surface area contributed by atoms with Gasteiger partial charge in [0.1, 0.15) is 11.6 Å². The number of hydrogen-bond donors (Lipinski definition) is 1. The molecule has 5 heteroatoms. The molecule has 0 unspecified atom stereocenters. The minimum Gasteiger partial charge on any atom is -0.396 e. The Morgan fingerprint density at radius 2 is 1.86 bits per heavy atom. The average molecular weight is 295 g/mol. The second kappa shape index (κ2) is 7.31. The molecule has 1 fully saturated rings. The fourth-order valence-electron chi connectivity index (χ4n) is 2.57. The molecule has 1 aromatic carbocycles. The molecule has 1 heterocycles. The predicted octanol–water partition coefficient (Wildman–Crippen LogP) is 2.60. The summed E-state index contributed by atoms with van der Waals surface area (Å²) in [4.78, 5) is 13.7. The van der Waals surface area contributed by atoms with Gasteiger partial charge in [0.25, 0.3) is 0 Å². The number of rotatable bonds is 4. The lowest BCUT2D eigenvalue weighted by Crippen LogP contribution is -2.37. The summed E-state index contributed by atoms with van der Waals surface area (Å²) in [6.07, 6.45) is 5.32. The van der Waals surface area contributed by atoms with Crippen LogP contribution in [-0.2, 0) is 4.79 Å². The highest BCUT2D eigenvalue weighted by atomic mass is 19.1. The van der Waals surface area contributed by atoms with E-state index in [2.05, 4.69) is 0 Å². The van der Waals surface area contributed by atoms with Crippen LogP contribution < -0.4 is 0 Å². The van der Waals surface area contributed by atoms with Gasteiger partial charge in [0.15, 0.2) is 0 Å². The fraction of sp³-hybridized carbons (Fsp3) is 0.438. The number of benzene rings is 1. The van der Waals surface area contributed by atoms with E-state index >= 15 is 0 Å².